The Labute approximate surface area is 153 Å². The summed E-state index contributed by atoms with van der Waals surface area (Å²) in [5.74, 6) is 1.13. The zero-order valence-corrected chi connectivity index (χ0v) is 15.4. The summed E-state index contributed by atoms with van der Waals surface area (Å²) in [7, 11) is 0. The van der Waals surface area contributed by atoms with Crippen LogP contribution in [0.5, 0.6) is 0 Å². The fraction of sp³-hybridized carbons (Fsp3) is 0.294. The molecule has 0 fully saturated rings. The summed E-state index contributed by atoms with van der Waals surface area (Å²) in [5.41, 5.74) is 2.52. The van der Waals surface area contributed by atoms with E-state index < -0.39 is 5.25 Å². The Hall–Kier alpha value is -2.06. The molecule has 6 nitrogen and oxygen atoms in total. The van der Waals surface area contributed by atoms with E-state index in [9.17, 15) is 14.4 Å². The quantitative estimate of drug-likeness (QED) is 0.474. The van der Waals surface area contributed by atoms with Crippen LogP contribution >= 0.6 is 23.5 Å². The molecule has 130 valence electrons. The van der Waals surface area contributed by atoms with Gasteiger partial charge in [0.05, 0.1) is 10.9 Å². The van der Waals surface area contributed by atoms with Crippen molar-refractivity contribution in [2.75, 3.05) is 5.32 Å². The first kappa shape index (κ1) is 17.8. The van der Waals surface area contributed by atoms with Crippen LogP contribution in [-0.2, 0) is 16.3 Å². The van der Waals surface area contributed by atoms with Gasteiger partial charge < -0.3 is 10.3 Å². The van der Waals surface area contributed by atoms with Gasteiger partial charge in [0.2, 0.25) is 5.91 Å². The van der Waals surface area contributed by atoms with Crippen LogP contribution < -0.4 is 10.9 Å². The van der Waals surface area contributed by atoms with Crippen molar-refractivity contribution < 1.29 is 9.59 Å². The van der Waals surface area contributed by atoms with Gasteiger partial charge in [-0.15, -0.1) is 0 Å². The number of carbonyl (C=O) groups excluding carboxylic acids is 2. The maximum Gasteiger partial charge on any atom is 0.255 e. The van der Waals surface area contributed by atoms with E-state index in [0.717, 1.165) is 17.0 Å². The molecule has 3 rings (SSSR count). The number of nitrogens with zero attached hydrogens (tertiary/aromatic N) is 1. The van der Waals surface area contributed by atoms with Crippen LogP contribution in [-0.4, -0.2) is 26.9 Å². The van der Waals surface area contributed by atoms with Crippen molar-refractivity contribution in [2.45, 2.75) is 35.8 Å². The van der Waals surface area contributed by atoms with Gasteiger partial charge in [0.15, 0.2) is 10.9 Å². The number of carbonyl (C=O) groups is 2. The Morgan fingerprint density at radius 1 is 1.36 bits per heavy atom. The van der Waals surface area contributed by atoms with E-state index in [-0.39, 0.29) is 17.2 Å². The second kappa shape index (κ2) is 7.45. The smallest absolute Gasteiger partial charge is 0.255 e. The molecule has 2 aromatic rings. The number of nitrogens with one attached hydrogen (secondary N) is 2. The normalized spacial score (nSPS) is 14.0. The highest BCUT2D eigenvalue weighted by Gasteiger charge is 2.21. The van der Waals surface area contributed by atoms with Crippen LogP contribution in [0.3, 0.4) is 0 Å². The van der Waals surface area contributed by atoms with E-state index in [1.54, 1.807) is 43.0 Å². The SMILES string of the molecule is CC(=O)c1cccc(NC(=O)C(C)Sc2nc3c(c(=O)[nH]2)CSC3)c1. The van der Waals surface area contributed by atoms with Gasteiger partial charge >= 0.3 is 0 Å². The molecule has 0 saturated carbocycles. The largest absolute Gasteiger partial charge is 0.325 e. The van der Waals surface area contributed by atoms with Crippen molar-refractivity contribution in [3.8, 4) is 0 Å². The molecule has 1 aliphatic rings. The second-order valence-electron chi connectivity index (χ2n) is 5.68. The van der Waals surface area contributed by atoms with Crippen molar-refractivity contribution in [2.24, 2.45) is 0 Å². The lowest BCUT2D eigenvalue weighted by Gasteiger charge is -2.12. The molecule has 2 N–H and O–H groups in total. The van der Waals surface area contributed by atoms with Crippen LogP contribution in [0.1, 0.15) is 35.5 Å². The van der Waals surface area contributed by atoms with E-state index in [0.29, 0.717) is 22.2 Å². The number of benzene rings is 1. The van der Waals surface area contributed by atoms with E-state index >= 15 is 0 Å². The zero-order chi connectivity index (χ0) is 18.0. The second-order valence-corrected chi connectivity index (χ2v) is 7.99. The molecule has 1 aliphatic heterocycles. The molecule has 0 saturated heterocycles. The molecule has 0 bridgehead atoms. The lowest BCUT2D eigenvalue weighted by molar-refractivity contribution is -0.115. The summed E-state index contributed by atoms with van der Waals surface area (Å²) in [6.45, 7) is 3.23. The van der Waals surface area contributed by atoms with Gasteiger partial charge in [-0.05, 0) is 26.0 Å². The molecule has 1 amide bonds. The fourth-order valence-corrected chi connectivity index (χ4v) is 4.23. The summed E-state index contributed by atoms with van der Waals surface area (Å²) < 4.78 is 0. The number of anilines is 1. The van der Waals surface area contributed by atoms with Gasteiger partial charge in [-0.2, -0.15) is 11.8 Å². The van der Waals surface area contributed by atoms with E-state index in [1.807, 2.05) is 0 Å². The summed E-state index contributed by atoms with van der Waals surface area (Å²) in [6, 6.07) is 6.80. The van der Waals surface area contributed by atoms with Crippen molar-refractivity contribution in [1.82, 2.24) is 9.97 Å². The molecule has 0 aliphatic carbocycles. The Morgan fingerprint density at radius 2 is 2.16 bits per heavy atom. The number of thioether (sulfide) groups is 2. The summed E-state index contributed by atoms with van der Waals surface area (Å²) in [4.78, 5) is 43.0. The number of rotatable bonds is 5. The highest BCUT2D eigenvalue weighted by molar-refractivity contribution is 8.00. The van der Waals surface area contributed by atoms with Gasteiger partial charge in [-0.25, -0.2) is 4.98 Å². The van der Waals surface area contributed by atoms with Gasteiger partial charge in [-0.1, -0.05) is 23.9 Å². The maximum atomic E-state index is 12.4. The lowest BCUT2D eigenvalue weighted by Crippen LogP contribution is -2.24. The number of H-pyrrole nitrogens is 1. The predicted octanol–water partition coefficient (Wildman–Crippen LogP) is 2.84. The molecule has 0 spiro atoms. The minimum Gasteiger partial charge on any atom is -0.325 e. The number of hydrogen-bond acceptors (Lipinski definition) is 6. The topological polar surface area (TPSA) is 91.9 Å². The van der Waals surface area contributed by atoms with Crippen LogP contribution in [0.4, 0.5) is 5.69 Å². The van der Waals surface area contributed by atoms with Crippen LogP contribution in [0.2, 0.25) is 0 Å². The Morgan fingerprint density at radius 3 is 2.92 bits per heavy atom. The molecular weight excluding hydrogens is 358 g/mol. The molecule has 0 radical (unpaired) electrons. The van der Waals surface area contributed by atoms with Gasteiger partial charge in [0.1, 0.15) is 0 Å². The standard InChI is InChI=1S/C17H17N3O3S2/c1-9(21)11-4-3-5-12(6-11)18-15(22)10(2)25-17-19-14-8-24-7-13(14)16(23)20-17/h3-6,10H,7-8H2,1-2H3,(H,18,22)(H,19,20,23). The highest BCUT2D eigenvalue weighted by Crippen LogP contribution is 2.28. The number of hydrogen-bond donors (Lipinski definition) is 2. The molecule has 1 unspecified atom stereocenters. The predicted molar refractivity (Wildman–Crippen MR) is 100 cm³/mol. The van der Waals surface area contributed by atoms with Crippen LogP contribution in [0.25, 0.3) is 0 Å². The Kier molecular flexibility index (Phi) is 5.29. The molecule has 1 aromatic heterocycles. The number of aromatic amines is 1. The average molecular weight is 375 g/mol. The van der Waals surface area contributed by atoms with Crippen molar-refractivity contribution in [3.05, 3.63) is 51.4 Å². The van der Waals surface area contributed by atoms with Crippen molar-refractivity contribution in [3.63, 3.8) is 0 Å². The van der Waals surface area contributed by atoms with Gasteiger partial charge in [0, 0.05) is 28.3 Å². The number of amides is 1. The molecule has 8 heteroatoms. The molecule has 1 atom stereocenters. The summed E-state index contributed by atoms with van der Waals surface area (Å²) in [5, 5.41) is 2.79. The number of ketones is 1. The van der Waals surface area contributed by atoms with Gasteiger partial charge in [0.25, 0.3) is 5.56 Å². The third kappa shape index (κ3) is 4.13. The molecule has 2 heterocycles. The minimum absolute atomic E-state index is 0.0590. The lowest BCUT2D eigenvalue weighted by atomic mass is 10.1. The third-order valence-electron chi connectivity index (χ3n) is 3.76. The maximum absolute atomic E-state index is 12.4. The van der Waals surface area contributed by atoms with Crippen molar-refractivity contribution >= 4 is 40.9 Å². The minimum atomic E-state index is -0.448. The molecule has 25 heavy (non-hydrogen) atoms. The molecular formula is C17H17N3O3S2. The Balaban J connectivity index is 1.69. The van der Waals surface area contributed by atoms with Crippen LogP contribution in [0.15, 0.2) is 34.2 Å². The monoisotopic (exact) mass is 375 g/mol. The first-order valence-corrected chi connectivity index (χ1v) is 9.76. The average Bonchev–Trinajstić information content (AvgIpc) is 3.04. The van der Waals surface area contributed by atoms with E-state index in [1.165, 1.54) is 18.7 Å². The highest BCUT2D eigenvalue weighted by atomic mass is 32.2. The summed E-state index contributed by atoms with van der Waals surface area (Å²) >= 11 is 2.86. The number of Topliss-reactive ketones (excluding diaryl/α,β-unsaturated/α-hetero) is 1. The van der Waals surface area contributed by atoms with Gasteiger partial charge in [-0.3, -0.25) is 14.4 Å². The van der Waals surface area contributed by atoms with Crippen molar-refractivity contribution in [1.29, 1.82) is 0 Å². The van der Waals surface area contributed by atoms with Crippen LogP contribution in [0, 0.1) is 0 Å². The Bertz CT molecular complexity index is 895. The summed E-state index contributed by atoms with van der Waals surface area (Å²) in [6.07, 6.45) is 0. The molecule has 1 aromatic carbocycles. The number of fused-ring (bicyclic) bond motifs is 1. The first-order valence-electron chi connectivity index (χ1n) is 7.72. The number of aromatic nitrogens is 2. The van der Waals surface area contributed by atoms with E-state index in [2.05, 4.69) is 15.3 Å². The zero-order valence-electron chi connectivity index (χ0n) is 13.8. The third-order valence-corrected chi connectivity index (χ3v) is 5.71. The van der Waals surface area contributed by atoms with E-state index in [4.69, 9.17) is 0 Å². The fourth-order valence-electron chi connectivity index (χ4n) is 2.38. The first-order chi connectivity index (χ1) is 11.9.